The summed E-state index contributed by atoms with van der Waals surface area (Å²) in [5, 5.41) is -0.0182. The first kappa shape index (κ1) is 9.93. The fraction of sp³-hybridized carbons (Fsp3) is 0.0909. The fourth-order valence-electron chi connectivity index (χ4n) is 1.41. The molecule has 0 spiro atoms. The van der Waals surface area contributed by atoms with Gasteiger partial charge in [0.2, 0.25) is 0 Å². The summed E-state index contributed by atoms with van der Waals surface area (Å²) < 4.78 is 5.20. The lowest BCUT2D eigenvalue weighted by molar-refractivity contribution is 0.112. The Labute approximate surface area is 91.7 Å². The lowest BCUT2D eigenvalue weighted by Gasteiger charge is -2.00. The van der Waals surface area contributed by atoms with Crippen molar-refractivity contribution >= 4 is 17.9 Å². The Morgan fingerprint density at radius 3 is 2.80 bits per heavy atom. The molecule has 2 rings (SSSR count). The van der Waals surface area contributed by atoms with Crippen LogP contribution in [0.15, 0.2) is 28.7 Å². The number of benzene rings is 1. The number of hydrogen-bond acceptors (Lipinski definition) is 3. The molecule has 0 atom stereocenters. The summed E-state index contributed by atoms with van der Waals surface area (Å²) in [6.07, 6.45) is 0.636. The Balaban J connectivity index is 2.63. The molecule has 4 heteroatoms. The first-order chi connectivity index (χ1) is 7.22. The molecule has 3 nitrogen and oxygen atoms in total. The average molecular weight is 222 g/mol. The summed E-state index contributed by atoms with van der Waals surface area (Å²) >= 11 is 5.61. The van der Waals surface area contributed by atoms with Crippen LogP contribution in [0.5, 0.6) is 0 Å². The number of oxazole rings is 1. The highest BCUT2D eigenvalue weighted by atomic mass is 35.5. The van der Waals surface area contributed by atoms with Gasteiger partial charge in [0.25, 0.3) is 5.35 Å². The lowest BCUT2D eigenvalue weighted by Crippen LogP contribution is -1.86. The number of carbonyl (C=O) groups is 1. The Morgan fingerprint density at radius 1 is 1.40 bits per heavy atom. The van der Waals surface area contributed by atoms with Crippen molar-refractivity contribution in [2.75, 3.05) is 0 Å². The van der Waals surface area contributed by atoms with Crippen LogP contribution in [0.3, 0.4) is 0 Å². The van der Waals surface area contributed by atoms with Crippen LogP contribution >= 0.6 is 11.6 Å². The molecule has 0 unspecified atom stereocenters. The van der Waals surface area contributed by atoms with E-state index in [2.05, 4.69) is 4.98 Å². The second kappa shape index (κ2) is 3.87. The topological polar surface area (TPSA) is 43.1 Å². The molecule has 1 aromatic carbocycles. The van der Waals surface area contributed by atoms with Crippen LogP contribution < -0.4 is 0 Å². The average Bonchev–Trinajstić information content (AvgIpc) is 2.60. The van der Waals surface area contributed by atoms with Gasteiger partial charge in [-0.15, -0.1) is 0 Å². The quantitative estimate of drug-likeness (QED) is 0.732. The molecule has 0 saturated carbocycles. The van der Waals surface area contributed by atoms with Gasteiger partial charge in [-0.05, 0) is 24.1 Å². The van der Waals surface area contributed by atoms with Crippen molar-refractivity contribution < 1.29 is 9.21 Å². The fourth-order valence-corrected chi connectivity index (χ4v) is 1.57. The van der Waals surface area contributed by atoms with Crippen LogP contribution in [0.2, 0.25) is 5.35 Å². The number of aryl methyl sites for hydroxylation is 1. The maximum atomic E-state index is 10.7. The number of carbonyl (C=O) groups excluding carboxylic acids is 1. The Kier molecular flexibility index (Phi) is 2.56. The van der Waals surface area contributed by atoms with Gasteiger partial charge in [0.1, 0.15) is 0 Å². The molecule has 0 fully saturated rings. The largest absolute Gasteiger partial charge is 0.427 e. The highest BCUT2D eigenvalue weighted by Gasteiger charge is 2.14. The molecule has 0 radical (unpaired) electrons. The zero-order chi connectivity index (χ0) is 10.8. The molecule has 76 valence electrons. The summed E-state index contributed by atoms with van der Waals surface area (Å²) in [5.41, 5.74) is 2.07. The third kappa shape index (κ3) is 1.78. The summed E-state index contributed by atoms with van der Waals surface area (Å²) in [7, 11) is 0. The van der Waals surface area contributed by atoms with Crippen LogP contribution in [0.1, 0.15) is 16.1 Å². The van der Waals surface area contributed by atoms with Crippen LogP contribution in [0.25, 0.3) is 11.3 Å². The Hall–Kier alpha value is -1.61. The third-order valence-electron chi connectivity index (χ3n) is 2.13. The second-order valence-electron chi connectivity index (χ2n) is 3.11. The highest BCUT2D eigenvalue weighted by molar-refractivity contribution is 6.28. The van der Waals surface area contributed by atoms with E-state index >= 15 is 0 Å². The number of aldehydes is 1. The van der Waals surface area contributed by atoms with Crippen molar-refractivity contribution in [3.8, 4) is 11.3 Å². The number of aromatic nitrogens is 1. The molecule has 0 aliphatic rings. The summed E-state index contributed by atoms with van der Waals surface area (Å²) in [6.45, 7) is 1.93. The monoisotopic (exact) mass is 221 g/mol. The van der Waals surface area contributed by atoms with Crippen molar-refractivity contribution in [3.05, 3.63) is 40.9 Å². The molecule has 0 saturated heterocycles. The molecule has 15 heavy (non-hydrogen) atoms. The molecule has 0 aliphatic heterocycles. The summed E-state index contributed by atoms with van der Waals surface area (Å²) in [5.74, 6) is 0.424. The van der Waals surface area contributed by atoms with E-state index in [-0.39, 0.29) is 11.0 Å². The summed E-state index contributed by atoms with van der Waals surface area (Å²) in [4.78, 5) is 14.5. The van der Waals surface area contributed by atoms with Gasteiger partial charge >= 0.3 is 0 Å². The van der Waals surface area contributed by atoms with E-state index in [9.17, 15) is 4.79 Å². The van der Waals surface area contributed by atoms with E-state index in [4.69, 9.17) is 16.0 Å². The highest BCUT2D eigenvalue weighted by Crippen LogP contribution is 2.28. The van der Waals surface area contributed by atoms with Crippen LogP contribution in [-0.4, -0.2) is 11.3 Å². The molecule has 0 aliphatic carbocycles. The second-order valence-corrected chi connectivity index (χ2v) is 3.44. The van der Waals surface area contributed by atoms with E-state index in [1.165, 1.54) is 0 Å². The molecule has 1 aromatic heterocycles. The normalized spacial score (nSPS) is 10.3. The number of nitrogens with zero attached hydrogens (tertiary/aromatic N) is 1. The molecule has 2 aromatic rings. The van der Waals surface area contributed by atoms with E-state index in [0.29, 0.717) is 12.0 Å². The number of halogens is 1. The maximum Gasteiger partial charge on any atom is 0.293 e. The van der Waals surface area contributed by atoms with Crippen molar-refractivity contribution in [1.82, 2.24) is 4.98 Å². The molecule has 0 amide bonds. The zero-order valence-electron chi connectivity index (χ0n) is 8.03. The Morgan fingerprint density at radius 2 is 2.13 bits per heavy atom. The lowest BCUT2D eigenvalue weighted by atomic mass is 10.1. The van der Waals surface area contributed by atoms with Gasteiger partial charge in [0, 0.05) is 5.56 Å². The van der Waals surface area contributed by atoms with Crippen molar-refractivity contribution in [2.24, 2.45) is 0 Å². The predicted molar refractivity (Wildman–Crippen MR) is 57.1 cm³/mol. The van der Waals surface area contributed by atoms with Crippen molar-refractivity contribution in [3.63, 3.8) is 0 Å². The van der Waals surface area contributed by atoms with E-state index < -0.39 is 0 Å². The van der Waals surface area contributed by atoms with Crippen LogP contribution in [0.4, 0.5) is 0 Å². The third-order valence-corrected chi connectivity index (χ3v) is 2.29. The summed E-state index contributed by atoms with van der Waals surface area (Å²) in [6, 6.07) is 7.57. The van der Waals surface area contributed by atoms with Crippen molar-refractivity contribution in [2.45, 2.75) is 6.92 Å². The number of hydrogen-bond donors (Lipinski definition) is 0. The van der Waals surface area contributed by atoms with Gasteiger partial charge in [-0.3, -0.25) is 4.79 Å². The molecular formula is C11H8ClNO2. The smallest absolute Gasteiger partial charge is 0.293 e. The van der Waals surface area contributed by atoms with Gasteiger partial charge < -0.3 is 4.42 Å². The van der Waals surface area contributed by atoms with Gasteiger partial charge in [0.05, 0.1) is 0 Å². The molecule has 0 bridgehead atoms. The van der Waals surface area contributed by atoms with Gasteiger partial charge in [-0.1, -0.05) is 24.3 Å². The minimum absolute atomic E-state index is 0.0182. The minimum Gasteiger partial charge on any atom is -0.427 e. The van der Waals surface area contributed by atoms with Gasteiger partial charge in [0.15, 0.2) is 17.7 Å². The minimum atomic E-state index is -0.0182. The van der Waals surface area contributed by atoms with Gasteiger partial charge in [-0.25, -0.2) is 0 Å². The molecule has 0 N–H and O–H groups in total. The van der Waals surface area contributed by atoms with E-state index in [1.54, 1.807) is 0 Å². The molecule has 1 heterocycles. The van der Waals surface area contributed by atoms with Crippen molar-refractivity contribution in [1.29, 1.82) is 0 Å². The first-order valence-electron chi connectivity index (χ1n) is 4.40. The Bertz CT molecular complexity index is 505. The van der Waals surface area contributed by atoms with E-state index in [0.717, 1.165) is 11.1 Å². The standard InChI is InChI=1S/C11H8ClNO2/c1-7-4-2-3-5-8(7)10-9(6-14)13-11(12)15-10/h2-6H,1H3. The van der Waals surface area contributed by atoms with Crippen LogP contribution in [-0.2, 0) is 0 Å². The SMILES string of the molecule is Cc1ccccc1-c1oc(Cl)nc1C=O. The molecular weight excluding hydrogens is 214 g/mol. The maximum absolute atomic E-state index is 10.7. The predicted octanol–water partition coefficient (Wildman–Crippen LogP) is 3.12. The number of rotatable bonds is 2. The van der Waals surface area contributed by atoms with E-state index in [1.807, 2.05) is 31.2 Å². The van der Waals surface area contributed by atoms with Gasteiger partial charge in [-0.2, -0.15) is 4.98 Å². The zero-order valence-corrected chi connectivity index (χ0v) is 8.78. The first-order valence-corrected chi connectivity index (χ1v) is 4.77. The van der Waals surface area contributed by atoms with Crippen LogP contribution in [0, 0.1) is 6.92 Å².